The van der Waals surface area contributed by atoms with Crippen LogP contribution in [0.5, 0.6) is 0 Å². The zero-order valence-corrected chi connectivity index (χ0v) is 12.9. The summed E-state index contributed by atoms with van der Waals surface area (Å²) in [6.07, 6.45) is 1.27. The van der Waals surface area contributed by atoms with Crippen LogP contribution in [0.4, 0.5) is 11.4 Å². The monoisotopic (exact) mass is 275 g/mol. The van der Waals surface area contributed by atoms with Gasteiger partial charge in [0.05, 0.1) is 11.4 Å². The Hall–Kier alpha value is -1.71. The van der Waals surface area contributed by atoms with Crippen molar-refractivity contribution in [3.8, 4) is 0 Å². The minimum absolute atomic E-state index is 0.0105. The number of piperidine rings is 1. The van der Waals surface area contributed by atoms with E-state index in [1.165, 1.54) is 6.42 Å². The third-order valence-electron chi connectivity index (χ3n) is 3.89. The molecule has 1 amide bonds. The van der Waals surface area contributed by atoms with Crippen LogP contribution < -0.4 is 10.6 Å². The predicted molar refractivity (Wildman–Crippen MR) is 84.0 cm³/mol. The zero-order valence-electron chi connectivity index (χ0n) is 12.9. The number of hydrogen-bond donors (Lipinski definition) is 1. The number of nitrogen functional groups attached to an aromatic ring is 1. The minimum atomic E-state index is -0.0105. The molecule has 0 saturated carbocycles. The van der Waals surface area contributed by atoms with Crippen molar-refractivity contribution < 1.29 is 4.79 Å². The fourth-order valence-electron chi connectivity index (χ4n) is 3.09. The average molecular weight is 275 g/mol. The molecular formula is C16H25N3O. The van der Waals surface area contributed by atoms with Crippen molar-refractivity contribution in [3.05, 3.63) is 23.8 Å². The van der Waals surface area contributed by atoms with Crippen molar-refractivity contribution in [1.29, 1.82) is 0 Å². The molecule has 2 rings (SSSR count). The molecule has 0 aromatic heterocycles. The Labute approximate surface area is 121 Å². The summed E-state index contributed by atoms with van der Waals surface area (Å²) >= 11 is 0. The molecule has 1 aromatic carbocycles. The Balaban J connectivity index is 2.23. The van der Waals surface area contributed by atoms with Crippen LogP contribution in [0.25, 0.3) is 0 Å². The summed E-state index contributed by atoms with van der Waals surface area (Å²) in [6.45, 7) is 6.64. The molecule has 1 saturated heterocycles. The maximum Gasteiger partial charge on any atom is 0.253 e. The first-order valence-electron chi connectivity index (χ1n) is 7.24. The standard InChI is InChI=1S/C16H25N3O/c1-11-7-12(2)10-19(9-11)15-6-5-13(8-14(15)17)16(20)18(3)4/h5-6,8,11-12H,7,9-10,17H2,1-4H3. The van der Waals surface area contributed by atoms with Gasteiger partial charge in [-0.25, -0.2) is 0 Å². The van der Waals surface area contributed by atoms with Crippen LogP contribution >= 0.6 is 0 Å². The maximum atomic E-state index is 11.9. The summed E-state index contributed by atoms with van der Waals surface area (Å²) in [5.41, 5.74) is 8.56. The van der Waals surface area contributed by atoms with Crippen LogP contribution in [-0.4, -0.2) is 38.0 Å². The number of nitrogens with zero attached hydrogens (tertiary/aromatic N) is 2. The molecule has 1 aliphatic rings. The number of amides is 1. The second kappa shape index (κ2) is 5.73. The van der Waals surface area contributed by atoms with Crippen LogP contribution in [0.1, 0.15) is 30.6 Å². The van der Waals surface area contributed by atoms with Gasteiger partial charge < -0.3 is 15.5 Å². The van der Waals surface area contributed by atoms with Crippen molar-refractivity contribution >= 4 is 17.3 Å². The lowest BCUT2D eigenvalue weighted by atomic mass is 9.91. The van der Waals surface area contributed by atoms with E-state index in [-0.39, 0.29) is 5.91 Å². The average Bonchev–Trinajstić information content (AvgIpc) is 2.36. The van der Waals surface area contributed by atoms with Crippen molar-refractivity contribution in [2.24, 2.45) is 11.8 Å². The third kappa shape index (κ3) is 3.06. The van der Waals surface area contributed by atoms with Gasteiger partial charge in [-0.2, -0.15) is 0 Å². The summed E-state index contributed by atoms with van der Waals surface area (Å²) < 4.78 is 0. The fourth-order valence-corrected chi connectivity index (χ4v) is 3.09. The molecule has 2 unspecified atom stereocenters. The number of rotatable bonds is 2. The first-order chi connectivity index (χ1) is 9.38. The number of nitrogens with two attached hydrogens (primary N) is 1. The van der Waals surface area contributed by atoms with E-state index in [0.717, 1.165) is 18.8 Å². The lowest BCUT2D eigenvalue weighted by molar-refractivity contribution is 0.0827. The van der Waals surface area contributed by atoms with Gasteiger partial charge in [-0.1, -0.05) is 13.8 Å². The largest absolute Gasteiger partial charge is 0.397 e. The zero-order chi connectivity index (χ0) is 14.9. The highest BCUT2D eigenvalue weighted by molar-refractivity contribution is 5.95. The van der Waals surface area contributed by atoms with E-state index in [2.05, 4.69) is 18.7 Å². The Morgan fingerprint density at radius 3 is 2.35 bits per heavy atom. The molecule has 1 heterocycles. The summed E-state index contributed by atoms with van der Waals surface area (Å²) in [5, 5.41) is 0. The highest BCUT2D eigenvalue weighted by Crippen LogP contribution is 2.30. The summed E-state index contributed by atoms with van der Waals surface area (Å²) in [4.78, 5) is 15.9. The smallest absolute Gasteiger partial charge is 0.253 e. The van der Waals surface area contributed by atoms with Crippen molar-refractivity contribution in [3.63, 3.8) is 0 Å². The molecule has 110 valence electrons. The molecule has 0 bridgehead atoms. The number of carbonyl (C=O) groups excluding carboxylic acids is 1. The van der Waals surface area contributed by atoms with Crippen LogP contribution in [0.3, 0.4) is 0 Å². The first kappa shape index (κ1) is 14.7. The van der Waals surface area contributed by atoms with E-state index >= 15 is 0 Å². The number of carbonyl (C=O) groups is 1. The van der Waals surface area contributed by atoms with Gasteiger partial charge in [0.2, 0.25) is 0 Å². The third-order valence-corrected chi connectivity index (χ3v) is 3.89. The van der Waals surface area contributed by atoms with Gasteiger partial charge in [-0.3, -0.25) is 4.79 Å². The summed E-state index contributed by atoms with van der Waals surface area (Å²) in [6, 6.07) is 5.65. The van der Waals surface area contributed by atoms with Crippen LogP contribution in [0.15, 0.2) is 18.2 Å². The van der Waals surface area contributed by atoms with E-state index < -0.39 is 0 Å². The first-order valence-corrected chi connectivity index (χ1v) is 7.24. The Bertz CT molecular complexity index is 488. The minimum Gasteiger partial charge on any atom is -0.397 e. The molecule has 20 heavy (non-hydrogen) atoms. The van der Waals surface area contributed by atoms with E-state index in [4.69, 9.17) is 5.73 Å². The Kier molecular flexibility index (Phi) is 4.21. The summed E-state index contributed by atoms with van der Waals surface area (Å²) in [5.74, 6) is 1.35. The molecule has 2 atom stereocenters. The van der Waals surface area contributed by atoms with Crippen molar-refractivity contribution in [2.75, 3.05) is 37.8 Å². The highest BCUT2D eigenvalue weighted by Gasteiger charge is 2.23. The van der Waals surface area contributed by atoms with Gasteiger partial charge >= 0.3 is 0 Å². The second-order valence-electron chi connectivity index (χ2n) is 6.32. The molecule has 4 nitrogen and oxygen atoms in total. The lowest BCUT2D eigenvalue weighted by Gasteiger charge is -2.37. The molecule has 2 N–H and O–H groups in total. The molecular weight excluding hydrogens is 250 g/mol. The van der Waals surface area contributed by atoms with Gasteiger partial charge in [0, 0.05) is 32.7 Å². The van der Waals surface area contributed by atoms with Gasteiger partial charge in [0.1, 0.15) is 0 Å². The fraction of sp³-hybridized carbons (Fsp3) is 0.562. The molecule has 1 aliphatic heterocycles. The molecule has 1 aromatic rings. The quantitative estimate of drug-likeness (QED) is 0.843. The van der Waals surface area contributed by atoms with Gasteiger partial charge in [-0.05, 0) is 36.5 Å². The lowest BCUT2D eigenvalue weighted by Crippen LogP contribution is -2.39. The van der Waals surface area contributed by atoms with Crippen molar-refractivity contribution in [1.82, 2.24) is 4.90 Å². The Morgan fingerprint density at radius 1 is 1.25 bits per heavy atom. The number of hydrogen-bond acceptors (Lipinski definition) is 3. The van der Waals surface area contributed by atoms with Gasteiger partial charge in [-0.15, -0.1) is 0 Å². The molecule has 0 radical (unpaired) electrons. The van der Waals surface area contributed by atoms with E-state index in [1.54, 1.807) is 25.1 Å². The molecule has 0 spiro atoms. The highest BCUT2D eigenvalue weighted by atomic mass is 16.2. The van der Waals surface area contributed by atoms with Crippen LogP contribution in [0, 0.1) is 11.8 Å². The Morgan fingerprint density at radius 2 is 1.85 bits per heavy atom. The van der Waals surface area contributed by atoms with Crippen LogP contribution in [-0.2, 0) is 0 Å². The number of anilines is 2. The van der Waals surface area contributed by atoms with Crippen LogP contribution in [0.2, 0.25) is 0 Å². The van der Waals surface area contributed by atoms with Gasteiger partial charge in [0.15, 0.2) is 0 Å². The van der Waals surface area contributed by atoms with Crippen molar-refractivity contribution in [2.45, 2.75) is 20.3 Å². The van der Waals surface area contributed by atoms with E-state index in [0.29, 0.717) is 23.1 Å². The van der Waals surface area contributed by atoms with Gasteiger partial charge in [0.25, 0.3) is 5.91 Å². The summed E-state index contributed by atoms with van der Waals surface area (Å²) in [7, 11) is 3.50. The number of benzene rings is 1. The topological polar surface area (TPSA) is 49.6 Å². The second-order valence-corrected chi connectivity index (χ2v) is 6.32. The SMILES string of the molecule is CC1CC(C)CN(c2ccc(C(=O)N(C)C)cc2N)C1. The van der Waals surface area contributed by atoms with E-state index in [9.17, 15) is 4.79 Å². The normalized spacial score (nSPS) is 22.7. The molecule has 1 fully saturated rings. The molecule has 4 heteroatoms. The maximum absolute atomic E-state index is 11.9. The molecule has 0 aliphatic carbocycles. The van der Waals surface area contributed by atoms with E-state index in [1.807, 2.05) is 12.1 Å². The predicted octanol–water partition coefficient (Wildman–Crippen LogP) is 2.45.